The molecule has 19 heavy (non-hydrogen) atoms. The van der Waals surface area contributed by atoms with Crippen LogP contribution in [0.4, 0.5) is 0 Å². The molecule has 1 rings (SSSR count). The Kier molecular flexibility index (Phi) is 5.81. The fraction of sp³-hybridized carbons (Fsp3) is 0.933. The maximum Gasteiger partial charge on any atom is 0.332 e. The molecule has 0 radical (unpaired) electrons. The molecule has 1 aliphatic carbocycles. The van der Waals surface area contributed by atoms with Gasteiger partial charge in [-0.15, -0.1) is 0 Å². The zero-order valence-electron chi connectivity index (χ0n) is 12.8. The van der Waals surface area contributed by atoms with E-state index in [1.807, 2.05) is 20.8 Å². The normalized spacial score (nSPS) is 28.2. The van der Waals surface area contributed by atoms with Gasteiger partial charge in [0.2, 0.25) is 0 Å². The summed E-state index contributed by atoms with van der Waals surface area (Å²) in [6.45, 7) is 8.28. The number of carbonyl (C=O) groups excluding carboxylic acids is 1. The Morgan fingerprint density at radius 1 is 1.32 bits per heavy atom. The molecular formula is C15H29NO3. The van der Waals surface area contributed by atoms with Crippen molar-refractivity contribution < 1.29 is 14.3 Å². The van der Waals surface area contributed by atoms with E-state index in [9.17, 15) is 4.79 Å². The third-order valence-corrected chi connectivity index (χ3v) is 3.88. The van der Waals surface area contributed by atoms with Crippen molar-refractivity contribution in [2.75, 3.05) is 13.2 Å². The first-order valence-electron chi connectivity index (χ1n) is 7.36. The average molecular weight is 271 g/mol. The second kappa shape index (κ2) is 6.71. The molecule has 112 valence electrons. The minimum Gasteiger partial charge on any atom is -0.458 e. The van der Waals surface area contributed by atoms with Crippen LogP contribution in [-0.4, -0.2) is 30.3 Å². The van der Waals surface area contributed by atoms with Crippen LogP contribution in [0.15, 0.2) is 0 Å². The van der Waals surface area contributed by atoms with E-state index in [0.717, 1.165) is 31.6 Å². The van der Waals surface area contributed by atoms with Crippen molar-refractivity contribution in [2.45, 2.75) is 71.0 Å². The van der Waals surface area contributed by atoms with Gasteiger partial charge in [-0.25, -0.2) is 4.79 Å². The highest BCUT2D eigenvalue weighted by atomic mass is 16.6. The van der Waals surface area contributed by atoms with E-state index >= 15 is 0 Å². The highest BCUT2D eigenvalue weighted by Gasteiger charge is 2.35. The molecule has 2 N–H and O–H groups in total. The molecule has 0 aromatic rings. The molecule has 1 fully saturated rings. The van der Waals surface area contributed by atoms with E-state index in [1.54, 1.807) is 0 Å². The number of rotatable bonds is 5. The van der Waals surface area contributed by atoms with Crippen molar-refractivity contribution in [3.05, 3.63) is 0 Å². The largest absolute Gasteiger partial charge is 0.458 e. The Morgan fingerprint density at radius 2 is 1.89 bits per heavy atom. The molecule has 0 spiro atoms. The molecule has 1 saturated carbocycles. The van der Waals surface area contributed by atoms with Crippen LogP contribution < -0.4 is 5.73 Å². The Bertz CT molecular complexity index is 288. The van der Waals surface area contributed by atoms with Gasteiger partial charge in [0, 0.05) is 6.54 Å². The molecular weight excluding hydrogens is 242 g/mol. The standard InChI is InChI=1S/C15H29NO3/c1-5-12-6-8-15(11-16,9-7-12)18-10-13(17)19-14(2,3)4/h12H,5-11,16H2,1-4H3. The number of hydrogen-bond donors (Lipinski definition) is 1. The summed E-state index contributed by atoms with van der Waals surface area (Å²) in [4.78, 5) is 11.7. The van der Waals surface area contributed by atoms with Crippen LogP contribution >= 0.6 is 0 Å². The van der Waals surface area contributed by atoms with Gasteiger partial charge in [-0.1, -0.05) is 13.3 Å². The zero-order chi connectivity index (χ0) is 14.5. The van der Waals surface area contributed by atoms with E-state index in [1.165, 1.54) is 6.42 Å². The highest BCUT2D eigenvalue weighted by Crippen LogP contribution is 2.35. The average Bonchev–Trinajstić information content (AvgIpc) is 2.35. The fourth-order valence-electron chi connectivity index (χ4n) is 2.60. The third-order valence-electron chi connectivity index (χ3n) is 3.88. The number of carbonyl (C=O) groups is 1. The quantitative estimate of drug-likeness (QED) is 0.781. The predicted molar refractivity (Wildman–Crippen MR) is 75.8 cm³/mol. The third kappa shape index (κ3) is 5.49. The van der Waals surface area contributed by atoms with Crippen LogP contribution in [0, 0.1) is 5.92 Å². The summed E-state index contributed by atoms with van der Waals surface area (Å²) in [7, 11) is 0. The molecule has 0 heterocycles. The lowest BCUT2D eigenvalue weighted by molar-refractivity contribution is -0.169. The van der Waals surface area contributed by atoms with Crippen LogP contribution in [0.5, 0.6) is 0 Å². The Balaban J connectivity index is 2.43. The van der Waals surface area contributed by atoms with Gasteiger partial charge in [0.25, 0.3) is 0 Å². The minimum atomic E-state index is -0.462. The van der Waals surface area contributed by atoms with Crippen molar-refractivity contribution in [3.63, 3.8) is 0 Å². The Morgan fingerprint density at radius 3 is 2.32 bits per heavy atom. The smallest absolute Gasteiger partial charge is 0.332 e. The second-order valence-corrected chi connectivity index (χ2v) is 6.61. The Labute approximate surface area is 117 Å². The number of esters is 1. The van der Waals surface area contributed by atoms with E-state index in [2.05, 4.69) is 6.92 Å². The second-order valence-electron chi connectivity index (χ2n) is 6.61. The lowest BCUT2D eigenvalue weighted by Gasteiger charge is -2.39. The van der Waals surface area contributed by atoms with E-state index in [0.29, 0.717) is 6.54 Å². The van der Waals surface area contributed by atoms with Gasteiger partial charge in [0.1, 0.15) is 12.2 Å². The summed E-state index contributed by atoms with van der Waals surface area (Å²) in [5.74, 6) is 0.475. The monoisotopic (exact) mass is 271 g/mol. The summed E-state index contributed by atoms with van der Waals surface area (Å²) in [5, 5.41) is 0. The summed E-state index contributed by atoms with van der Waals surface area (Å²) in [6.07, 6.45) is 5.40. The van der Waals surface area contributed by atoms with Crippen molar-refractivity contribution in [1.29, 1.82) is 0 Å². The predicted octanol–water partition coefficient (Wildman–Crippen LogP) is 2.64. The molecule has 0 aromatic carbocycles. The molecule has 0 atom stereocenters. The lowest BCUT2D eigenvalue weighted by atomic mass is 9.77. The van der Waals surface area contributed by atoms with E-state index < -0.39 is 5.60 Å². The summed E-state index contributed by atoms with van der Waals surface area (Å²) >= 11 is 0. The van der Waals surface area contributed by atoms with Crippen molar-refractivity contribution in [2.24, 2.45) is 11.7 Å². The fourth-order valence-corrected chi connectivity index (χ4v) is 2.60. The van der Waals surface area contributed by atoms with Gasteiger partial charge in [-0.2, -0.15) is 0 Å². The molecule has 0 bridgehead atoms. The summed E-state index contributed by atoms with van der Waals surface area (Å²) in [6, 6.07) is 0. The molecule has 4 nitrogen and oxygen atoms in total. The van der Waals surface area contributed by atoms with Crippen LogP contribution in [0.1, 0.15) is 59.8 Å². The number of nitrogens with two attached hydrogens (primary N) is 1. The molecule has 1 aliphatic rings. The zero-order valence-corrected chi connectivity index (χ0v) is 12.8. The Hall–Kier alpha value is -0.610. The molecule has 0 aromatic heterocycles. The molecule has 4 heteroatoms. The SMILES string of the molecule is CCC1CCC(CN)(OCC(=O)OC(C)(C)C)CC1. The maximum atomic E-state index is 11.7. The van der Waals surface area contributed by atoms with E-state index in [4.69, 9.17) is 15.2 Å². The molecule has 0 unspecified atom stereocenters. The maximum absolute atomic E-state index is 11.7. The summed E-state index contributed by atoms with van der Waals surface area (Å²) in [5.41, 5.74) is 5.08. The first-order chi connectivity index (χ1) is 8.80. The first-order valence-corrected chi connectivity index (χ1v) is 7.36. The lowest BCUT2D eigenvalue weighted by Crippen LogP contribution is -2.45. The summed E-state index contributed by atoms with van der Waals surface area (Å²) < 4.78 is 11.1. The van der Waals surface area contributed by atoms with Crippen LogP contribution in [0.25, 0.3) is 0 Å². The molecule has 0 saturated heterocycles. The van der Waals surface area contributed by atoms with Crippen LogP contribution in [-0.2, 0) is 14.3 Å². The van der Waals surface area contributed by atoms with E-state index in [-0.39, 0.29) is 18.2 Å². The van der Waals surface area contributed by atoms with Gasteiger partial charge in [0.15, 0.2) is 0 Å². The van der Waals surface area contributed by atoms with Gasteiger partial charge < -0.3 is 15.2 Å². The van der Waals surface area contributed by atoms with Gasteiger partial charge in [-0.05, 0) is 52.4 Å². The molecule has 0 amide bonds. The number of hydrogen-bond acceptors (Lipinski definition) is 4. The van der Waals surface area contributed by atoms with Gasteiger partial charge in [0.05, 0.1) is 5.60 Å². The van der Waals surface area contributed by atoms with Crippen molar-refractivity contribution in [1.82, 2.24) is 0 Å². The molecule has 0 aliphatic heterocycles. The first kappa shape index (κ1) is 16.4. The van der Waals surface area contributed by atoms with Crippen LogP contribution in [0.3, 0.4) is 0 Å². The number of ether oxygens (including phenoxy) is 2. The van der Waals surface area contributed by atoms with Crippen molar-refractivity contribution >= 4 is 5.97 Å². The highest BCUT2D eigenvalue weighted by molar-refractivity contribution is 5.71. The topological polar surface area (TPSA) is 61.5 Å². The minimum absolute atomic E-state index is 0.00522. The van der Waals surface area contributed by atoms with Gasteiger partial charge >= 0.3 is 5.97 Å². The van der Waals surface area contributed by atoms with Crippen molar-refractivity contribution in [3.8, 4) is 0 Å². The van der Waals surface area contributed by atoms with Crippen LogP contribution in [0.2, 0.25) is 0 Å². The van der Waals surface area contributed by atoms with Gasteiger partial charge in [-0.3, -0.25) is 0 Å².